The van der Waals surface area contributed by atoms with E-state index < -0.39 is 17.3 Å². The van der Waals surface area contributed by atoms with Crippen molar-refractivity contribution in [3.63, 3.8) is 0 Å². The summed E-state index contributed by atoms with van der Waals surface area (Å²) in [5.41, 5.74) is 0.906. The van der Waals surface area contributed by atoms with Crippen molar-refractivity contribution in [2.24, 2.45) is 0 Å². The SMILES string of the molecule is N#Cc1ccccc1-c1ccc(F)c(C(=O)[O-])c1. The highest BCUT2D eigenvalue weighted by Gasteiger charge is 2.08. The molecular weight excluding hydrogens is 233 g/mol. The molecule has 2 rings (SSSR count). The van der Waals surface area contributed by atoms with Crippen LogP contribution in [-0.4, -0.2) is 5.97 Å². The molecule has 0 unspecified atom stereocenters. The topological polar surface area (TPSA) is 63.9 Å². The highest BCUT2D eigenvalue weighted by atomic mass is 19.1. The smallest absolute Gasteiger partial charge is 0.132 e. The predicted molar refractivity (Wildman–Crippen MR) is 60.9 cm³/mol. The van der Waals surface area contributed by atoms with Crippen LogP contribution in [0.3, 0.4) is 0 Å². The number of carbonyl (C=O) groups excluding carboxylic acids is 1. The molecule has 0 aliphatic rings. The van der Waals surface area contributed by atoms with Crippen LogP contribution in [0, 0.1) is 17.1 Å². The van der Waals surface area contributed by atoms with Crippen molar-refractivity contribution < 1.29 is 14.3 Å². The minimum atomic E-state index is -1.58. The molecule has 0 saturated carbocycles. The van der Waals surface area contributed by atoms with E-state index in [1.807, 2.05) is 6.07 Å². The van der Waals surface area contributed by atoms with E-state index in [2.05, 4.69) is 0 Å². The Morgan fingerprint density at radius 1 is 1.22 bits per heavy atom. The van der Waals surface area contributed by atoms with Crippen LogP contribution in [0.15, 0.2) is 42.5 Å². The number of nitrogens with zero attached hydrogens (tertiary/aromatic N) is 1. The molecule has 0 N–H and O–H groups in total. The maximum absolute atomic E-state index is 13.2. The van der Waals surface area contributed by atoms with Crippen LogP contribution in [0.25, 0.3) is 11.1 Å². The second-order valence-corrected chi connectivity index (χ2v) is 3.64. The Balaban J connectivity index is 2.62. The summed E-state index contributed by atoms with van der Waals surface area (Å²) in [6.45, 7) is 0. The first-order valence-corrected chi connectivity index (χ1v) is 5.14. The first-order chi connectivity index (χ1) is 8.63. The normalized spacial score (nSPS) is 9.78. The third-order valence-electron chi connectivity index (χ3n) is 2.54. The van der Waals surface area contributed by atoms with Gasteiger partial charge in [0.15, 0.2) is 0 Å². The van der Waals surface area contributed by atoms with E-state index in [0.717, 1.165) is 6.07 Å². The summed E-state index contributed by atoms with van der Waals surface area (Å²) < 4.78 is 13.2. The number of carbonyl (C=O) groups is 1. The molecule has 18 heavy (non-hydrogen) atoms. The van der Waals surface area contributed by atoms with Gasteiger partial charge in [0, 0.05) is 5.56 Å². The Labute approximate surface area is 103 Å². The van der Waals surface area contributed by atoms with Gasteiger partial charge in [-0.3, -0.25) is 0 Å². The third kappa shape index (κ3) is 2.06. The molecule has 0 aliphatic heterocycles. The van der Waals surface area contributed by atoms with Gasteiger partial charge in [-0.15, -0.1) is 0 Å². The van der Waals surface area contributed by atoms with Gasteiger partial charge >= 0.3 is 0 Å². The van der Waals surface area contributed by atoms with Crippen molar-refractivity contribution in [3.05, 3.63) is 59.4 Å². The Bertz CT molecular complexity index is 659. The molecule has 0 spiro atoms. The van der Waals surface area contributed by atoms with Crippen LogP contribution in [-0.2, 0) is 0 Å². The van der Waals surface area contributed by atoms with E-state index >= 15 is 0 Å². The van der Waals surface area contributed by atoms with E-state index in [-0.39, 0.29) is 0 Å². The average Bonchev–Trinajstić information content (AvgIpc) is 2.39. The molecule has 2 aromatic rings. The quantitative estimate of drug-likeness (QED) is 0.802. The van der Waals surface area contributed by atoms with E-state index in [4.69, 9.17) is 5.26 Å². The van der Waals surface area contributed by atoms with Crippen molar-refractivity contribution in [2.45, 2.75) is 0 Å². The van der Waals surface area contributed by atoms with Gasteiger partial charge in [0.1, 0.15) is 5.82 Å². The maximum Gasteiger partial charge on any atom is 0.132 e. The van der Waals surface area contributed by atoms with Gasteiger partial charge in [0.25, 0.3) is 0 Å². The summed E-state index contributed by atoms with van der Waals surface area (Å²) in [6.07, 6.45) is 0. The first kappa shape index (κ1) is 11.8. The van der Waals surface area contributed by atoms with Crippen LogP contribution in [0.1, 0.15) is 15.9 Å². The molecule has 3 nitrogen and oxygen atoms in total. The van der Waals surface area contributed by atoms with Crippen LogP contribution >= 0.6 is 0 Å². The van der Waals surface area contributed by atoms with Gasteiger partial charge in [-0.05, 0) is 29.3 Å². The lowest BCUT2D eigenvalue weighted by molar-refractivity contribution is -0.255. The van der Waals surface area contributed by atoms with E-state index in [1.165, 1.54) is 12.1 Å². The lowest BCUT2D eigenvalue weighted by Gasteiger charge is -2.08. The number of hydrogen-bond acceptors (Lipinski definition) is 3. The van der Waals surface area contributed by atoms with Crippen LogP contribution < -0.4 is 5.11 Å². The summed E-state index contributed by atoms with van der Waals surface area (Å²) in [7, 11) is 0. The van der Waals surface area contributed by atoms with Crippen molar-refractivity contribution in [2.75, 3.05) is 0 Å². The van der Waals surface area contributed by atoms with Gasteiger partial charge in [0.05, 0.1) is 17.6 Å². The number of nitriles is 1. The lowest BCUT2D eigenvalue weighted by Crippen LogP contribution is -2.23. The maximum atomic E-state index is 13.2. The molecule has 0 heterocycles. The van der Waals surface area contributed by atoms with Gasteiger partial charge in [-0.1, -0.05) is 24.3 Å². The molecular formula is C14H7FNO2-. The van der Waals surface area contributed by atoms with Gasteiger partial charge in [-0.2, -0.15) is 5.26 Å². The molecule has 0 amide bonds. The van der Waals surface area contributed by atoms with E-state index in [9.17, 15) is 14.3 Å². The Hall–Kier alpha value is -2.67. The molecule has 4 heteroatoms. The fraction of sp³-hybridized carbons (Fsp3) is 0. The number of hydrogen-bond donors (Lipinski definition) is 0. The molecule has 0 fully saturated rings. The molecule has 88 valence electrons. The zero-order chi connectivity index (χ0) is 13.1. The zero-order valence-electron chi connectivity index (χ0n) is 9.18. The Morgan fingerprint density at radius 3 is 2.61 bits per heavy atom. The Kier molecular flexibility index (Phi) is 3.07. The summed E-state index contributed by atoms with van der Waals surface area (Å²) in [6, 6.07) is 12.3. The molecule has 0 saturated heterocycles. The second kappa shape index (κ2) is 4.68. The zero-order valence-corrected chi connectivity index (χ0v) is 9.18. The molecule has 0 aromatic heterocycles. The first-order valence-electron chi connectivity index (χ1n) is 5.14. The Morgan fingerprint density at radius 2 is 1.94 bits per heavy atom. The number of aromatic carboxylic acids is 1. The monoisotopic (exact) mass is 240 g/mol. The summed E-state index contributed by atoms with van der Waals surface area (Å²) in [4.78, 5) is 10.7. The minimum absolute atomic E-state index is 0.397. The fourth-order valence-corrected chi connectivity index (χ4v) is 1.68. The predicted octanol–water partition coefficient (Wildman–Crippen LogP) is 1.73. The molecule has 0 bridgehead atoms. The van der Waals surface area contributed by atoms with Crippen molar-refractivity contribution in [1.82, 2.24) is 0 Å². The third-order valence-corrected chi connectivity index (χ3v) is 2.54. The lowest BCUT2D eigenvalue weighted by atomic mass is 9.98. The van der Waals surface area contributed by atoms with Crippen LogP contribution in [0.2, 0.25) is 0 Å². The van der Waals surface area contributed by atoms with Gasteiger partial charge < -0.3 is 9.90 Å². The standard InChI is InChI=1S/C14H8FNO2/c15-13-6-5-9(7-12(13)14(17)18)11-4-2-1-3-10(11)8-16/h1-7H,(H,17,18)/p-1. The van der Waals surface area contributed by atoms with Crippen molar-refractivity contribution in [3.8, 4) is 17.2 Å². The van der Waals surface area contributed by atoms with Crippen LogP contribution in [0.4, 0.5) is 4.39 Å². The number of halogens is 1. The van der Waals surface area contributed by atoms with Gasteiger partial charge in [0.2, 0.25) is 0 Å². The van der Waals surface area contributed by atoms with E-state index in [1.54, 1.807) is 24.3 Å². The number of carboxylic acid groups (broad SMARTS) is 1. The molecule has 0 aliphatic carbocycles. The number of rotatable bonds is 2. The number of carboxylic acids is 1. The van der Waals surface area contributed by atoms with Crippen LogP contribution in [0.5, 0.6) is 0 Å². The van der Waals surface area contributed by atoms with E-state index in [0.29, 0.717) is 16.7 Å². The highest BCUT2D eigenvalue weighted by molar-refractivity contribution is 5.88. The molecule has 0 atom stereocenters. The van der Waals surface area contributed by atoms with Crippen molar-refractivity contribution >= 4 is 5.97 Å². The molecule has 2 aromatic carbocycles. The fourth-order valence-electron chi connectivity index (χ4n) is 1.68. The summed E-state index contributed by atoms with van der Waals surface area (Å²) >= 11 is 0. The summed E-state index contributed by atoms with van der Waals surface area (Å²) in [5, 5.41) is 19.7. The van der Waals surface area contributed by atoms with Crippen molar-refractivity contribution in [1.29, 1.82) is 5.26 Å². The summed E-state index contributed by atoms with van der Waals surface area (Å²) in [5.74, 6) is -2.43. The highest BCUT2D eigenvalue weighted by Crippen LogP contribution is 2.25. The second-order valence-electron chi connectivity index (χ2n) is 3.64. The largest absolute Gasteiger partial charge is 0.545 e. The van der Waals surface area contributed by atoms with Gasteiger partial charge in [-0.25, -0.2) is 4.39 Å². The number of benzene rings is 2. The minimum Gasteiger partial charge on any atom is -0.545 e. The average molecular weight is 240 g/mol. The molecule has 0 radical (unpaired) electrons.